The lowest BCUT2D eigenvalue weighted by atomic mass is 9.64. The van der Waals surface area contributed by atoms with Gasteiger partial charge in [0, 0.05) is 13.1 Å². The van der Waals surface area contributed by atoms with Crippen molar-refractivity contribution in [3.05, 3.63) is 35.9 Å². The molecule has 1 unspecified atom stereocenters. The van der Waals surface area contributed by atoms with Crippen LogP contribution in [-0.4, -0.2) is 48.2 Å². The summed E-state index contributed by atoms with van der Waals surface area (Å²) in [7, 11) is 0. The average molecular weight is 344 g/mol. The van der Waals surface area contributed by atoms with Crippen molar-refractivity contribution in [3.8, 4) is 0 Å². The molecule has 2 aliphatic rings. The lowest BCUT2D eigenvalue weighted by molar-refractivity contribution is -0.136. The Morgan fingerprint density at radius 2 is 1.96 bits per heavy atom. The first kappa shape index (κ1) is 18.4. The van der Waals surface area contributed by atoms with Gasteiger partial charge in [0.05, 0.1) is 11.5 Å². The van der Waals surface area contributed by atoms with Gasteiger partial charge in [-0.25, -0.2) is 0 Å². The number of aliphatic hydroxyl groups is 1. The predicted octanol–water partition coefficient (Wildman–Crippen LogP) is 2.61. The van der Waals surface area contributed by atoms with Crippen molar-refractivity contribution in [3.63, 3.8) is 0 Å². The number of rotatable bonds is 7. The molecule has 2 N–H and O–H groups in total. The van der Waals surface area contributed by atoms with Gasteiger partial charge in [-0.2, -0.15) is 0 Å². The first-order valence-electron chi connectivity index (χ1n) is 9.80. The van der Waals surface area contributed by atoms with Crippen LogP contribution >= 0.6 is 0 Å². The van der Waals surface area contributed by atoms with Crippen LogP contribution in [-0.2, 0) is 11.2 Å². The summed E-state index contributed by atoms with van der Waals surface area (Å²) in [6, 6.07) is 10.3. The Bertz CT molecular complexity index is 548. The number of likely N-dealkylation sites (tertiary alicyclic amines) is 1. The van der Waals surface area contributed by atoms with Crippen LogP contribution in [0.4, 0.5) is 0 Å². The van der Waals surface area contributed by atoms with E-state index in [4.69, 9.17) is 0 Å². The van der Waals surface area contributed by atoms with E-state index in [1.807, 2.05) is 18.2 Å². The highest BCUT2D eigenvalue weighted by atomic mass is 16.3. The van der Waals surface area contributed by atoms with Crippen LogP contribution in [0, 0.1) is 11.3 Å². The maximum Gasteiger partial charge on any atom is 0.226 e. The summed E-state index contributed by atoms with van der Waals surface area (Å²) >= 11 is 0. The summed E-state index contributed by atoms with van der Waals surface area (Å²) in [4.78, 5) is 15.1. The third-order valence-electron chi connectivity index (χ3n) is 6.02. The second-order valence-electron chi connectivity index (χ2n) is 8.14. The number of hydrogen-bond donors (Lipinski definition) is 2. The molecule has 1 atom stereocenters. The lowest BCUT2D eigenvalue weighted by Gasteiger charge is -2.40. The zero-order valence-electron chi connectivity index (χ0n) is 15.4. The molecule has 0 aromatic heterocycles. The maximum atomic E-state index is 12.8. The molecule has 1 saturated heterocycles. The third kappa shape index (κ3) is 4.83. The van der Waals surface area contributed by atoms with Crippen molar-refractivity contribution in [2.75, 3.05) is 26.2 Å². The highest BCUT2D eigenvalue weighted by Gasteiger charge is 2.43. The normalized spacial score (nSPS) is 22.2. The molecule has 1 amide bonds. The number of nitrogens with zero attached hydrogens (tertiary/aromatic N) is 1. The number of hydrogen-bond acceptors (Lipinski definition) is 3. The lowest BCUT2D eigenvalue weighted by Crippen LogP contribution is -2.50. The molecule has 0 bridgehead atoms. The van der Waals surface area contributed by atoms with Crippen molar-refractivity contribution in [1.82, 2.24) is 10.2 Å². The van der Waals surface area contributed by atoms with Crippen LogP contribution in [0.25, 0.3) is 0 Å². The summed E-state index contributed by atoms with van der Waals surface area (Å²) in [6.45, 7) is 5.44. The zero-order chi connectivity index (χ0) is 17.7. The van der Waals surface area contributed by atoms with Gasteiger partial charge in [-0.15, -0.1) is 0 Å². The number of carbonyl (C=O) groups is 1. The van der Waals surface area contributed by atoms with E-state index in [0.29, 0.717) is 13.1 Å². The number of nitrogens with one attached hydrogen (secondary N) is 1. The zero-order valence-corrected chi connectivity index (χ0v) is 15.4. The van der Waals surface area contributed by atoms with Crippen LogP contribution in [0.15, 0.2) is 30.3 Å². The van der Waals surface area contributed by atoms with E-state index >= 15 is 0 Å². The molecule has 3 rings (SSSR count). The monoisotopic (exact) mass is 344 g/mol. The van der Waals surface area contributed by atoms with E-state index in [2.05, 4.69) is 29.3 Å². The SMILES string of the molecule is CC1CCN(CC(O)CNC(=O)C2(Cc3ccccc3)CCC2)CC1. The summed E-state index contributed by atoms with van der Waals surface area (Å²) in [5, 5.41) is 13.3. The number of piperidine rings is 1. The minimum Gasteiger partial charge on any atom is -0.390 e. The third-order valence-corrected chi connectivity index (χ3v) is 6.02. The Hall–Kier alpha value is -1.39. The van der Waals surface area contributed by atoms with Gasteiger partial charge in [-0.05, 0) is 56.7 Å². The Balaban J connectivity index is 1.46. The molecular weight excluding hydrogens is 312 g/mol. The van der Waals surface area contributed by atoms with Gasteiger partial charge in [0.2, 0.25) is 5.91 Å². The fraction of sp³-hybridized carbons (Fsp3) is 0.667. The van der Waals surface area contributed by atoms with Crippen molar-refractivity contribution >= 4 is 5.91 Å². The highest BCUT2D eigenvalue weighted by Crippen LogP contribution is 2.43. The quantitative estimate of drug-likeness (QED) is 0.799. The minimum atomic E-state index is -0.480. The van der Waals surface area contributed by atoms with E-state index < -0.39 is 6.10 Å². The first-order chi connectivity index (χ1) is 12.1. The summed E-state index contributed by atoms with van der Waals surface area (Å²) in [5.41, 5.74) is 0.960. The molecule has 2 fully saturated rings. The number of carbonyl (C=O) groups excluding carboxylic acids is 1. The largest absolute Gasteiger partial charge is 0.390 e. The molecule has 138 valence electrons. The van der Waals surface area contributed by atoms with Crippen LogP contribution in [0.1, 0.15) is 44.6 Å². The average Bonchev–Trinajstić information content (AvgIpc) is 2.59. The second-order valence-corrected chi connectivity index (χ2v) is 8.14. The van der Waals surface area contributed by atoms with E-state index in [-0.39, 0.29) is 11.3 Å². The smallest absolute Gasteiger partial charge is 0.226 e. The fourth-order valence-corrected chi connectivity index (χ4v) is 4.08. The second kappa shape index (κ2) is 8.33. The predicted molar refractivity (Wildman–Crippen MR) is 100 cm³/mol. The van der Waals surface area contributed by atoms with Gasteiger partial charge in [-0.1, -0.05) is 43.7 Å². The molecule has 25 heavy (non-hydrogen) atoms. The van der Waals surface area contributed by atoms with Gasteiger partial charge in [-0.3, -0.25) is 4.79 Å². The highest BCUT2D eigenvalue weighted by molar-refractivity contribution is 5.83. The molecule has 1 saturated carbocycles. The summed E-state index contributed by atoms with van der Waals surface area (Å²) in [6.07, 6.45) is 5.76. The molecule has 1 aliphatic carbocycles. The molecule has 4 nitrogen and oxygen atoms in total. The van der Waals surface area contributed by atoms with Crippen LogP contribution < -0.4 is 5.32 Å². The fourth-order valence-electron chi connectivity index (χ4n) is 4.08. The van der Waals surface area contributed by atoms with Crippen LogP contribution in [0.5, 0.6) is 0 Å². The van der Waals surface area contributed by atoms with E-state index in [9.17, 15) is 9.90 Å². The molecule has 1 aromatic rings. The summed E-state index contributed by atoms with van der Waals surface area (Å²) < 4.78 is 0. The summed E-state index contributed by atoms with van der Waals surface area (Å²) in [5.74, 6) is 0.915. The Morgan fingerprint density at radius 1 is 1.28 bits per heavy atom. The van der Waals surface area contributed by atoms with Crippen LogP contribution in [0.2, 0.25) is 0 Å². The van der Waals surface area contributed by atoms with Gasteiger partial charge in [0.15, 0.2) is 0 Å². The van der Waals surface area contributed by atoms with Crippen molar-refractivity contribution in [2.24, 2.45) is 11.3 Å². The molecular formula is C21H32N2O2. The molecule has 4 heteroatoms. The number of benzene rings is 1. The molecule has 1 heterocycles. The van der Waals surface area contributed by atoms with E-state index in [0.717, 1.165) is 44.7 Å². The van der Waals surface area contributed by atoms with Crippen molar-refractivity contribution < 1.29 is 9.90 Å². The van der Waals surface area contributed by atoms with Crippen molar-refractivity contribution in [2.45, 2.75) is 51.6 Å². The Kier molecular flexibility index (Phi) is 6.13. The molecule has 0 radical (unpaired) electrons. The molecule has 1 aliphatic heterocycles. The topological polar surface area (TPSA) is 52.6 Å². The number of β-amino-alcohol motifs (C(OH)–C–C–N with tert-alkyl or cyclic N) is 1. The molecule has 1 aromatic carbocycles. The van der Waals surface area contributed by atoms with E-state index in [1.165, 1.54) is 18.4 Å². The standard InChI is InChI=1S/C21H32N2O2/c1-17-8-12-23(13-9-17)16-19(24)15-22-20(25)21(10-5-11-21)14-18-6-3-2-4-7-18/h2-4,6-7,17,19,24H,5,8-16H2,1H3,(H,22,25). The Labute approximate surface area is 151 Å². The maximum absolute atomic E-state index is 12.8. The first-order valence-corrected chi connectivity index (χ1v) is 9.80. The van der Waals surface area contributed by atoms with Crippen molar-refractivity contribution in [1.29, 1.82) is 0 Å². The minimum absolute atomic E-state index is 0.119. The number of amides is 1. The van der Waals surface area contributed by atoms with Gasteiger partial charge in [0.1, 0.15) is 0 Å². The van der Waals surface area contributed by atoms with E-state index in [1.54, 1.807) is 0 Å². The van der Waals surface area contributed by atoms with Gasteiger partial charge >= 0.3 is 0 Å². The number of aliphatic hydroxyl groups excluding tert-OH is 1. The van der Waals surface area contributed by atoms with Gasteiger partial charge in [0.25, 0.3) is 0 Å². The van der Waals surface area contributed by atoms with Gasteiger partial charge < -0.3 is 15.3 Å². The molecule has 0 spiro atoms. The Morgan fingerprint density at radius 3 is 2.56 bits per heavy atom. The van der Waals surface area contributed by atoms with Crippen LogP contribution in [0.3, 0.4) is 0 Å².